The SMILES string of the molecule is CC1(C)CC(C)(C)CC2(CCCCCN2)C1. The second-order valence-corrected chi connectivity index (χ2v) is 7.88. The molecule has 94 valence electrons. The lowest BCUT2D eigenvalue weighted by molar-refractivity contribution is 0.0261. The summed E-state index contributed by atoms with van der Waals surface area (Å²) in [5, 5.41) is 3.91. The van der Waals surface area contributed by atoms with Crippen molar-refractivity contribution in [3.05, 3.63) is 0 Å². The summed E-state index contributed by atoms with van der Waals surface area (Å²) in [6, 6.07) is 0. The van der Waals surface area contributed by atoms with Gasteiger partial charge in [0.15, 0.2) is 0 Å². The van der Waals surface area contributed by atoms with E-state index in [4.69, 9.17) is 0 Å². The molecule has 0 unspecified atom stereocenters. The van der Waals surface area contributed by atoms with Crippen LogP contribution in [0.15, 0.2) is 0 Å². The average molecular weight is 223 g/mol. The van der Waals surface area contributed by atoms with Crippen molar-refractivity contribution in [2.24, 2.45) is 10.8 Å². The smallest absolute Gasteiger partial charge is 0.0191 e. The lowest BCUT2D eigenvalue weighted by Gasteiger charge is -2.52. The van der Waals surface area contributed by atoms with E-state index >= 15 is 0 Å². The van der Waals surface area contributed by atoms with Gasteiger partial charge in [-0.2, -0.15) is 0 Å². The lowest BCUT2D eigenvalue weighted by atomic mass is 9.57. The maximum absolute atomic E-state index is 3.91. The van der Waals surface area contributed by atoms with E-state index in [1.165, 1.54) is 51.5 Å². The van der Waals surface area contributed by atoms with Gasteiger partial charge in [0.05, 0.1) is 0 Å². The van der Waals surface area contributed by atoms with Crippen molar-refractivity contribution < 1.29 is 0 Å². The Bertz CT molecular complexity index is 226. The van der Waals surface area contributed by atoms with E-state index < -0.39 is 0 Å². The van der Waals surface area contributed by atoms with Crippen molar-refractivity contribution in [3.63, 3.8) is 0 Å². The molecule has 1 saturated heterocycles. The van der Waals surface area contributed by atoms with Crippen molar-refractivity contribution in [2.45, 2.75) is 78.2 Å². The van der Waals surface area contributed by atoms with Gasteiger partial charge in [0.25, 0.3) is 0 Å². The topological polar surface area (TPSA) is 12.0 Å². The van der Waals surface area contributed by atoms with E-state index in [0.717, 1.165) is 0 Å². The van der Waals surface area contributed by atoms with Gasteiger partial charge in [0.2, 0.25) is 0 Å². The van der Waals surface area contributed by atoms with Crippen molar-refractivity contribution in [1.29, 1.82) is 0 Å². The van der Waals surface area contributed by atoms with Crippen LogP contribution >= 0.6 is 0 Å². The van der Waals surface area contributed by atoms with Gasteiger partial charge in [-0.25, -0.2) is 0 Å². The minimum Gasteiger partial charge on any atom is -0.311 e. The summed E-state index contributed by atoms with van der Waals surface area (Å²) < 4.78 is 0. The molecule has 1 saturated carbocycles. The van der Waals surface area contributed by atoms with Crippen LogP contribution in [0.3, 0.4) is 0 Å². The van der Waals surface area contributed by atoms with Gasteiger partial charge in [0, 0.05) is 5.54 Å². The number of rotatable bonds is 0. The zero-order valence-electron chi connectivity index (χ0n) is 11.7. The molecular weight excluding hydrogens is 194 g/mol. The van der Waals surface area contributed by atoms with Crippen LogP contribution in [0.1, 0.15) is 72.6 Å². The molecule has 2 aliphatic rings. The Labute approximate surface area is 101 Å². The molecule has 16 heavy (non-hydrogen) atoms. The molecule has 1 aliphatic carbocycles. The summed E-state index contributed by atoms with van der Waals surface area (Å²) in [6.07, 6.45) is 9.77. The first-order chi connectivity index (χ1) is 7.33. The van der Waals surface area contributed by atoms with Crippen LogP contribution in [0.5, 0.6) is 0 Å². The van der Waals surface area contributed by atoms with Crippen LogP contribution < -0.4 is 5.32 Å². The molecule has 0 amide bonds. The van der Waals surface area contributed by atoms with Crippen molar-refractivity contribution >= 4 is 0 Å². The Kier molecular flexibility index (Phi) is 3.11. The highest BCUT2D eigenvalue weighted by molar-refractivity contribution is 5.03. The van der Waals surface area contributed by atoms with Gasteiger partial charge < -0.3 is 5.32 Å². The quantitative estimate of drug-likeness (QED) is 0.651. The molecule has 1 nitrogen and oxygen atoms in total. The summed E-state index contributed by atoms with van der Waals surface area (Å²) in [5.41, 5.74) is 1.49. The molecule has 2 rings (SSSR count). The zero-order chi connectivity index (χ0) is 11.9. The summed E-state index contributed by atoms with van der Waals surface area (Å²) in [7, 11) is 0. The monoisotopic (exact) mass is 223 g/mol. The van der Waals surface area contributed by atoms with Crippen LogP contribution in [0.4, 0.5) is 0 Å². The molecule has 1 heterocycles. The highest BCUT2D eigenvalue weighted by Gasteiger charge is 2.46. The maximum atomic E-state index is 3.91. The summed E-state index contributed by atoms with van der Waals surface area (Å²) in [6.45, 7) is 11.1. The van der Waals surface area contributed by atoms with E-state index in [-0.39, 0.29) is 0 Å². The largest absolute Gasteiger partial charge is 0.311 e. The zero-order valence-corrected chi connectivity index (χ0v) is 11.7. The molecule has 1 spiro atoms. The molecular formula is C15H29N. The third-order valence-corrected chi connectivity index (χ3v) is 4.42. The average Bonchev–Trinajstić information content (AvgIpc) is 2.24. The van der Waals surface area contributed by atoms with Crippen molar-refractivity contribution in [1.82, 2.24) is 5.32 Å². The van der Waals surface area contributed by atoms with E-state index in [1.807, 2.05) is 0 Å². The molecule has 1 N–H and O–H groups in total. The van der Waals surface area contributed by atoms with Crippen LogP contribution in [-0.4, -0.2) is 12.1 Å². The fraction of sp³-hybridized carbons (Fsp3) is 1.00. The molecule has 0 aromatic heterocycles. The Morgan fingerprint density at radius 1 is 0.750 bits per heavy atom. The predicted octanol–water partition coefficient (Wildman–Crippen LogP) is 4.13. The lowest BCUT2D eigenvalue weighted by Crippen LogP contribution is -2.54. The van der Waals surface area contributed by atoms with Gasteiger partial charge in [0.1, 0.15) is 0 Å². The first-order valence-corrected chi connectivity index (χ1v) is 7.08. The molecule has 1 heteroatoms. The van der Waals surface area contributed by atoms with E-state index in [1.54, 1.807) is 0 Å². The van der Waals surface area contributed by atoms with Crippen LogP contribution in [0, 0.1) is 10.8 Å². The molecule has 0 atom stereocenters. The Morgan fingerprint density at radius 3 is 2.00 bits per heavy atom. The maximum Gasteiger partial charge on any atom is 0.0191 e. The number of hydrogen-bond acceptors (Lipinski definition) is 1. The Hall–Kier alpha value is -0.0400. The Morgan fingerprint density at radius 2 is 1.38 bits per heavy atom. The predicted molar refractivity (Wildman–Crippen MR) is 70.6 cm³/mol. The Balaban J connectivity index is 2.18. The highest BCUT2D eigenvalue weighted by atomic mass is 15.0. The minimum absolute atomic E-state index is 0.460. The summed E-state index contributed by atoms with van der Waals surface area (Å²) in [5.74, 6) is 0. The number of hydrogen-bond donors (Lipinski definition) is 1. The van der Waals surface area contributed by atoms with E-state index in [0.29, 0.717) is 16.4 Å². The third-order valence-electron chi connectivity index (χ3n) is 4.42. The van der Waals surface area contributed by atoms with E-state index in [2.05, 4.69) is 33.0 Å². The van der Waals surface area contributed by atoms with Gasteiger partial charge in [-0.1, -0.05) is 40.5 Å². The summed E-state index contributed by atoms with van der Waals surface area (Å²) in [4.78, 5) is 0. The number of nitrogens with one attached hydrogen (secondary N) is 1. The third kappa shape index (κ3) is 2.80. The van der Waals surface area contributed by atoms with E-state index in [9.17, 15) is 0 Å². The molecule has 0 bridgehead atoms. The first kappa shape index (κ1) is 12.4. The second-order valence-electron chi connectivity index (χ2n) is 7.88. The van der Waals surface area contributed by atoms with Gasteiger partial charge in [-0.05, 0) is 49.5 Å². The fourth-order valence-electron chi connectivity index (χ4n) is 4.82. The normalized spacial score (nSPS) is 32.2. The van der Waals surface area contributed by atoms with Crippen molar-refractivity contribution in [3.8, 4) is 0 Å². The molecule has 0 aromatic rings. The highest BCUT2D eigenvalue weighted by Crippen LogP contribution is 2.51. The summed E-state index contributed by atoms with van der Waals surface area (Å²) >= 11 is 0. The molecule has 1 aliphatic heterocycles. The second kappa shape index (κ2) is 4.01. The van der Waals surface area contributed by atoms with Crippen LogP contribution in [-0.2, 0) is 0 Å². The molecule has 2 fully saturated rings. The molecule has 0 radical (unpaired) electrons. The van der Waals surface area contributed by atoms with Crippen LogP contribution in [0.25, 0.3) is 0 Å². The van der Waals surface area contributed by atoms with Crippen molar-refractivity contribution in [2.75, 3.05) is 6.54 Å². The minimum atomic E-state index is 0.460. The van der Waals surface area contributed by atoms with Gasteiger partial charge in [-0.15, -0.1) is 0 Å². The molecule has 0 aromatic carbocycles. The van der Waals surface area contributed by atoms with Gasteiger partial charge in [-0.3, -0.25) is 0 Å². The van der Waals surface area contributed by atoms with Crippen LogP contribution in [0.2, 0.25) is 0 Å². The first-order valence-electron chi connectivity index (χ1n) is 7.08. The standard InChI is InChI=1S/C15H29N/c1-13(2)10-14(3,4)12-15(11-13)8-6-5-7-9-16-15/h16H,5-12H2,1-4H3. The van der Waals surface area contributed by atoms with Gasteiger partial charge >= 0.3 is 0 Å². The fourth-order valence-corrected chi connectivity index (χ4v) is 4.82.